The molecular weight excluding hydrogens is 418 g/mol. The number of halogens is 5. The molecule has 0 saturated carbocycles. The molecule has 2 heterocycles. The monoisotopic (exact) mass is 435 g/mol. The number of benzene rings is 1. The third-order valence-corrected chi connectivity index (χ3v) is 4.94. The van der Waals surface area contributed by atoms with Gasteiger partial charge in [0.25, 0.3) is 0 Å². The van der Waals surface area contributed by atoms with E-state index in [0.29, 0.717) is 0 Å². The third-order valence-electron chi connectivity index (χ3n) is 4.12. The lowest BCUT2D eigenvalue weighted by Crippen LogP contribution is -2.42. The molecule has 152 valence electrons. The van der Waals surface area contributed by atoms with Crippen molar-refractivity contribution in [1.82, 2.24) is 14.5 Å². The molecule has 1 aliphatic heterocycles. The van der Waals surface area contributed by atoms with Crippen LogP contribution in [-0.4, -0.2) is 32.7 Å². The topological polar surface area (TPSA) is 47.4 Å². The maximum absolute atomic E-state index is 13.5. The number of hydrogen-bond donors (Lipinski definition) is 0. The van der Waals surface area contributed by atoms with E-state index in [-0.39, 0.29) is 46.6 Å². The average Bonchev–Trinajstić information content (AvgIpc) is 2.94. The van der Waals surface area contributed by atoms with E-state index in [1.54, 1.807) is 32.9 Å². The van der Waals surface area contributed by atoms with Crippen LogP contribution in [0.5, 0.6) is 0 Å². The van der Waals surface area contributed by atoms with Gasteiger partial charge in [0.1, 0.15) is 5.60 Å². The van der Waals surface area contributed by atoms with Gasteiger partial charge in [-0.25, -0.2) is 9.78 Å². The SMILES string of the molecule is CC(C)(C)OC(=O)N1CCn2c(C(F)(F)F)nc(-c3cccc(Cl)c3Cl)c2C1. The first kappa shape index (κ1) is 20.8. The van der Waals surface area contributed by atoms with Gasteiger partial charge in [-0.3, -0.25) is 0 Å². The van der Waals surface area contributed by atoms with Crippen LogP contribution >= 0.6 is 23.2 Å². The van der Waals surface area contributed by atoms with Crippen LogP contribution in [0.4, 0.5) is 18.0 Å². The van der Waals surface area contributed by atoms with Crippen LogP contribution in [-0.2, 0) is 24.0 Å². The molecule has 0 spiro atoms. The molecule has 0 radical (unpaired) electrons. The molecule has 2 aromatic rings. The first-order valence-corrected chi connectivity index (χ1v) is 9.23. The highest BCUT2D eigenvalue weighted by atomic mass is 35.5. The van der Waals surface area contributed by atoms with Crippen molar-refractivity contribution >= 4 is 29.3 Å². The standard InChI is InChI=1S/C18H18Cl2F3N3O2/c1-17(2,3)28-16(27)25-7-8-26-12(9-25)14(24-15(26)18(21,22)23)10-5-4-6-11(19)13(10)20/h4-6H,7-9H2,1-3H3. The molecule has 5 nitrogen and oxygen atoms in total. The molecule has 1 amide bonds. The Hall–Kier alpha value is -1.93. The van der Waals surface area contributed by atoms with E-state index in [2.05, 4.69) is 4.98 Å². The highest BCUT2D eigenvalue weighted by molar-refractivity contribution is 6.43. The third kappa shape index (κ3) is 4.07. The fraction of sp³-hybridized carbons (Fsp3) is 0.444. The maximum Gasteiger partial charge on any atom is 0.449 e. The molecule has 0 unspecified atom stereocenters. The summed E-state index contributed by atoms with van der Waals surface area (Å²) in [5.74, 6) is -1.03. The minimum Gasteiger partial charge on any atom is -0.444 e. The van der Waals surface area contributed by atoms with Crippen molar-refractivity contribution in [1.29, 1.82) is 0 Å². The molecule has 1 aromatic carbocycles. The maximum atomic E-state index is 13.5. The van der Waals surface area contributed by atoms with Crippen LogP contribution in [0.3, 0.4) is 0 Å². The van der Waals surface area contributed by atoms with Gasteiger partial charge in [-0.05, 0) is 26.8 Å². The Bertz CT molecular complexity index is 920. The van der Waals surface area contributed by atoms with Gasteiger partial charge in [-0.15, -0.1) is 0 Å². The minimum atomic E-state index is -4.65. The van der Waals surface area contributed by atoms with Crippen molar-refractivity contribution in [3.8, 4) is 11.3 Å². The molecular formula is C18H18Cl2F3N3O2. The summed E-state index contributed by atoms with van der Waals surface area (Å²) in [6.45, 7) is 5.09. The van der Waals surface area contributed by atoms with Crippen molar-refractivity contribution in [3.63, 3.8) is 0 Å². The summed E-state index contributed by atoms with van der Waals surface area (Å²) in [7, 11) is 0. The number of ether oxygens (including phenoxy) is 1. The Balaban J connectivity index is 2.08. The Morgan fingerprint density at radius 2 is 1.86 bits per heavy atom. The molecule has 0 saturated heterocycles. The molecule has 28 heavy (non-hydrogen) atoms. The highest BCUT2D eigenvalue weighted by Gasteiger charge is 2.41. The lowest BCUT2D eigenvalue weighted by molar-refractivity contribution is -0.147. The van der Waals surface area contributed by atoms with Crippen LogP contribution in [0.1, 0.15) is 32.3 Å². The van der Waals surface area contributed by atoms with Crippen molar-refractivity contribution in [2.45, 2.75) is 45.6 Å². The number of nitrogens with zero attached hydrogens (tertiary/aromatic N) is 3. The summed E-state index contributed by atoms with van der Waals surface area (Å²) >= 11 is 12.2. The second kappa shape index (κ2) is 7.15. The summed E-state index contributed by atoms with van der Waals surface area (Å²) in [6.07, 6.45) is -5.25. The highest BCUT2D eigenvalue weighted by Crippen LogP contribution is 2.39. The van der Waals surface area contributed by atoms with E-state index in [9.17, 15) is 18.0 Å². The van der Waals surface area contributed by atoms with Crippen LogP contribution in [0, 0.1) is 0 Å². The van der Waals surface area contributed by atoms with Crippen molar-refractivity contribution in [2.75, 3.05) is 6.54 Å². The van der Waals surface area contributed by atoms with Gasteiger partial charge in [0, 0.05) is 18.7 Å². The van der Waals surface area contributed by atoms with E-state index in [1.807, 2.05) is 0 Å². The summed E-state index contributed by atoms with van der Waals surface area (Å²) < 4.78 is 47.0. The fourth-order valence-corrected chi connectivity index (χ4v) is 3.36. The second-order valence-corrected chi connectivity index (χ2v) is 8.17. The number of carbonyl (C=O) groups is 1. The molecule has 0 fully saturated rings. The first-order valence-electron chi connectivity index (χ1n) is 8.47. The quantitative estimate of drug-likeness (QED) is 0.583. The number of imidazole rings is 1. The summed E-state index contributed by atoms with van der Waals surface area (Å²) in [5, 5.41) is 0.308. The van der Waals surface area contributed by atoms with Crippen molar-refractivity contribution < 1.29 is 22.7 Å². The van der Waals surface area contributed by atoms with Crippen LogP contribution < -0.4 is 0 Å². The average molecular weight is 436 g/mol. The Morgan fingerprint density at radius 3 is 2.46 bits per heavy atom. The summed E-state index contributed by atoms with van der Waals surface area (Å²) in [6, 6.07) is 4.66. The van der Waals surface area contributed by atoms with E-state index in [4.69, 9.17) is 27.9 Å². The normalized spacial score (nSPS) is 14.8. The van der Waals surface area contributed by atoms with Crippen molar-refractivity contribution in [2.24, 2.45) is 0 Å². The fourth-order valence-electron chi connectivity index (χ4n) is 2.97. The van der Waals surface area contributed by atoms with Gasteiger partial charge in [0.05, 0.1) is 28.0 Å². The van der Waals surface area contributed by atoms with Crippen LogP contribution in [0.2, 0.25) is 10.0 Å². The van der Waals surface area contributed by atoms with Crippen LogP contribution in [0.25, 0.3) is 11.3 Å². The molecule has 0 bridgehead atoms. The molecule has 1 aromatic heterocycles. The van der Waals surface area contributed by atoms with Gasteiger partial charge in [0.15, 0.2) is 0 Å². The first-order chi connectivity index (χ1) is 12.9. The lowest BCUT2D eigenvalue weighted by Gasteiger charge is -2.31. The second-order valence-electron chi connectivity index (χ2n) is 7.38. The molecule has 0 atom stereocenters. The van der Waals surface area contributed by atoms with Gasteiger partial charge in [0.2, 0.25) is 5.82 Å². The number of alkyl halides is 3. The predicted octanol–water partition coefficient (Wildman–Crippen LogP) is 5.63. The van der Waals surface area contributed by atoms with Crippen LogP contribution in [0.15, 0.2) is 18.2 Å². The molecule has 10 heteroatoms. The Labute approximate surface area is 170 Å². The van der Waals surface area contributed by atoms with Gasteiger partial charge >= 0.3 is 12.3 Å². The van der Waals surface area contributed by atoms with Gasteiger partial charge in [-0.2, -0.15) is 13.2 Å². The summed E-state index contributed by atoms with van der Waals surface area (Å²) in [5.41, 5.74) is -0.161. The number of rotatable bonds is 1. The number of hydrogen-bond acceptors (Lipinski definition) is 3. The Morgan fingerprint density at radius 1 is 1.18 bits per heavy atom. The van der Waals surface area contributed by atoms with E-state index in [0.717, 1.165) is 4.57 Å². The predicted molar refractivity (Wildman–Crippen MR) is 99.3 cm³/mol. The van der Waals surface area contributed by atoms with E-state index >= 15 is 0 Å². The van der Waals surface area contributed by atoms with Gasteiger partial charge < -0.3 is 14.2 Å². The largest absolute Gasteiger partial charge is 0.449 e. The van der Waals surface area contributed by atoms with Crippen molar-refractivity contribution in [3.05, 3.63) is 39.8 Å². The number of carbonyl (C=O) groups excluding carboxylic acids is 1. The van der Waals surface area contributed by atoms with Gasteiger partial charge in [-0.1, -0.05) is 35.3 Å². The molecule has 0 aliphatic carbocycles. The zero-order chi connectivity index (χ0) is 20.9. The number of amides is 1. The van der Waals surface area contributed by atoms with E-state index < -0.39 is 23.7 Å². The van der Waals surface area contributed by atoms with E-state index in [1.165, 1.54) is 11.0 Å². The molecule has 3 rings (SSSR count). The minimum absolute atomic E-state index is 0.0492. The molecule has 1 aliphatic rings. The Kier molecular flexibility index (Phi) is 5.31. The zero-order valence-corrected chi connectivity index (χ0v) is 16.9. The molecule has 0 N–H and O–H groups in total. The number of fused-ring (bicyclic) bond motifs is 1. The zero-order valence-electron chi connectivity index (χ0n) is 15.4. The lowest BCUT2D eigenvalue weighted by atomic mass is 10.1. The smallest absolute Gasteiger partial charge is 0.444 e. The number of aromatic nitrogens is 2. The summed E-state index contributed by atoms with van der Waals surface area (Å²) in [4.78, 5) is 17.6.